The summed E-state index contributed by atoms with van der Waals surface area (Å²) in [6.45, 7) is 4.66. The van der Waals surface area contributed by atoms with Crippen LogP contribution in [0, 0.1) is 13.8 Å². The molecule has 1 aliphatic heterocycles. The summed E-state index contributed by atoms with van der Waals surface area (Å²) in [5.41, 5.74) is 6.32. The fraction of sp³-hybridized carbons (Fsp3) is 0.308. The topological polar surface area (TPSA) is 73.0 Å². The average molecular weight is 440 g/mol. The summed E-state index contributed by atoms with van der Waals surface area (Å²) in [5, 5.41) is 10.0. The minimum atomic E-state index is -0.286. The van der Waals surface area contributed by atoms with Gasteiger partial charge in [-0.3, -0.25) is 9.59 Å². The third-order valence-corrected chi connectivity index (χ3v) is 6.88. The van der Waals surface area contributed by atoms with Crippen LogP contribution in [-0.2, 0) is 17.8 Å². The van der Waals surface area contributed by atoms with Crippen LogP contribution in [-0.4, -0.2) is 32.0 Å². The molecule has 7 nitrogen and oxygen atoms in total. The molecule has 3 heterocycles. The number of amides is 1. The van der Waals surface area contributed by atoms with Crippen molar-refractivity contribution in [1.82, 2.24) is 19.6 Å². The molecule has 33 heavy (non-hydrogen) atoms. The van der Waals surface area contributed by atoms with Gasteiger partial charge in [0.05, 0.1) is 17.6 Å². The molecule has 7 heteroatoms. The molecule has 166 valence electrons. The van der Waals surface area contributed by atoms with Gasteiger partial charge < -0.3 is 4.90 Å². The summed E-state index contributed by atoms with van der Waals surface area (Å²) < 4.78 is 3.04. The van der Waals surface area contributed by atoms with Crippen LogP contribution in [0.5, 0.6) is 0 Å². The molecule has 0 radical (unpaired) electrons. The van der Waals surface area contributed by atoms with Crippen molar-refractivity contribution in [2.45, 2.75) is 45.6 Å². The minimum absolute atomic E-state index is 0.0824. The van der Waals surface area contributed by atoms with Crippen LogP contribution >= 0.6 is 0 Å². The van der Waals surface area contributed by atoms with E-state index in [0.29, 0.717) is 18.0 Å². The van der Waals surface area contributed by atoms with Crippen LogP contribution in [0.25, 0.3) is 16.6 Å². The Morgan fingerprint density at radius 3 is 2.70 bits per heavy atom. The molecule has 0 spiro atoms. The van der Waals surface area contributed by atoms with Crippen molar-refractivity contribution in [3.8, 4) is 5.69 Å². The van der Waals surface area contributed by atoms with E-state index in [1.165, 1.54) is 10.2 Å². The summed E-state index contributed by atoms with van der Waals surface area (Å²) >= 11 is 0. The van der Waals surface area contributed by atoms with E-state index in [1.54, 1.807) is 15.8 Å². The van der Waals surface area contributed by atoms with Gasteiger partial charge in [-0.15, -0.1) is 0 Å². The molecule has 0 bridgehead atoms. The first-order valence-electron chi connectivity index (χ1n) is 11.5. The van der Waals surface area contributed by atoms with Gasteiger partial charge in [0.15, 0.2) is 0 Å². The number of para-hydroxylation sites is 1. The number of hydrogen-bond donors (Lipinski definition) is 0. The van der Waals surface area contributed by atoms with Gasteiger partial charge in [-0.25, -0.2) is 9.36 Å². The van der Waals surface area contributed by atoms with E-state index in [-0.39, 0.29) is 18.0 Å². The normalized spacial score (nSPS) is 15.3. The van der Waals surface area contributed by atoms with E-state index < -0.39 is 0 Å². The molecule has 4 aromatic rings. The van der Waals surface area contributed by atoms with Crippen molar-refractivity contribution in [2.24, 2.45) is 0 Å². The third-order valence-electron chi connectivity index (χ3n) is 6.88. The van der Waals surface area contributed by atoms with Crippen molar-refractivity contribution in [3.63, 3.8) is 0 Å². The van der Waals surface area contributed by atoms with Gasteiger partial charge in [0, 0.05) is 23.5 Å². The van der Waals surface area contributed by atoms with Crippen LogP contribution in [0.15, 0.2) is 53.5 Å². The highest BCUT2D eigenvalue weighted by atomic mass is 16.2. The number of anilines is 1. The average Bonchev–Trinajstić information content (AvgIpc) is 3.40. The Hall–Kier alpha value is -3.74. The molecule has 2 aliphatic rings. The summed E-state index contributed by atoms with van der Waals surface area (Å²) in [4.78, 5) is 28.6. The van der Waals surface area contributed by atoms with Gasteiger partial charge in [-0.2, -0.15) is 10.2 Å². The van der Waals surface area contributed by atoms with Gasteiger partial charge in [0.1, 0.15) is 12.1 Å². The number of rotatable bonds is 4. The van der Waals surface area contributed by atoms with E-state index >= 15 is 0 Å². The van der Waals surface area contributed by atoms with Crippen molar-refractivity contribution in [1.29, 1.82) is 0 Å². The van der Waals surface area contributed by atoms with E-state index in [9.17, 15) is 9.59 Å². The van der Waals surface area contributed by atoms with Gasteiger partial charge in [0.25, 0.3) is 5.56 Å². The fourth-order valence-electron chi connectivity index (χ4n) is 4.72. The second-order valence-electron chi connectivity index (χ2n) is 9.13. The van der Waals surface area contributed by atoms with Gasteiger partial charge in [-0.1, -0.05) is 24.3 Å². The van der Waals surface area contributed by atoms with E-state index in [1.807, 2.05) is 49.4 Å². The summed E-state index contributed by atoms with van der Waals surface area (Å²) in [5.74, 6) is 0.201. The molecule has 2 aromatic heterocycles. The zero-order valence-corrected chi connectivity index (χ0v) is 18.8. The molecule has 6 rings (SSSR count). The maximum Gasteiger partial charge on any atom is 0.293 e. The third kappa shape index (κ3) is 3.26. The smallest absolute Gasteiger partial charge is 0.293 e. The summed E-state index contributed by atoms with van der Waals surface area (Å²) in [7, 11) is 0. The Balaban J connectivity index is 1.45. The number of fused-ring (bicyclic) bond motifs is 2. The number of carbonyl (C=O) groups is 1. The number of nitrogens with zero attached hydrogens (tertiary/aromatic N) is 5. The molecule has 0 atom stereocenters. The number of aromatic nitrogens is 4. The van der Waals surface area contributed by atoms with Gasteiger partial charge in [-0.05, 0) is 68.0 Å². The standard InChI is InChI=1S/C26H25N5O2/c1-16-7-10-20(13-17(16)2)31-25-21(14-27-31)24(19-8-9-19)28-30(26(25)33)15-23(32)29-12-11-18-5-3-4-6-22(18)29/h3-7,10,13-14,19H,8-9,11-12,15H2,1-2H3. The number of carbonyl (C=O) groups excluding carboxylic acids is 1. The zero-order valence-electron chi connectivity index (χ0n) is 18.8. The number of aryl methyl sites for hydroxylation is 2. The Bertz CT molecular complexity index is 1480. The lowest BCUT2D eigenvalue weighted by Crippen LogP contribution is -2.37. The van der Waals surface area contributed by atoms with Crippen LogP contribution in [0.4, 0.5) is 5.69 Å². The van der Waals surface area contributed by atoms with Gasteiger partial charge >= 0.3 is 0 Å². The number of hydrogen-bond acceptors (Lipinski definition) is 4. The first-order chi connectivity index (χ1) is 16.0. The molecule has 0 N–H and O–H groups in total. The Morgan fingerprint density at radius 2 is 1.91 bits per heavy atom. The van der Waals surface area contributed by atoms with Crippen molar-refractivity contribution in [2.75, 3.05) is 11.4 Å². The highest BCUT2D eigenvalue weighted by molar-refractivity contribution is 5.95. The van der Waals surface area contributed by atoms with Gasteiger partial charge in [0.2, 0.25) is 5.91 Å². The molecule has 0 saturated heterocycles. The second kappa shape index (κ2) is 7.40. The molecule has 1 aliphatic carbocycles. The van der Waals surface area contributed by atoms with Crippen molar-refractivity contribution < 1.29 is 4.79 Å². The van der Waals surface area contributed by atoms with E-state index in [2.05, 4.69) is 17.1 Å². The van der Waals surface area contributed by atoms with E-state index in [4.69, 9.17) is 0 Å². The highest BCUT2D eigenvalue weighted by Crippen LogP contribution is 2.41. The zero-order chi connectivity index (χ0) is 22.7. The number of benzene rings is 2. The Kier molecular flexibility index (Phi) is 4.47. The molecular weight excluding hydrogens is 414 g/mol. The van der Waals surface area contributed by atoms with Crippen LogP contribution in [0.1, 0.15) is 41.1 Å². The molecular formula is C26H25N5O2. The van der Waals surface area contributed by atoms with Crippen molar-refractivity contribution in [3.05, 3.63) is 81.4 Å². The van der Waals surface area contributed by atoms with Crippen LogP contribution < -0.4 is 10.5 Å². The first kappa shape index (κ1) is 19.9. The minimum Gasteiger partial charge on any atom is -0.310 e. The largest absolute Gasteiger partial charge is 0.310 e. The molecule has 1 amide bonds. The van der Waals surface area contributed by atoms with Crippen LogP contribution in [0.3, 0.4) is 0 Å². The lowest BCUT2D eigenvalue weighted by atomic mass is 10.1. The lowest BCUT2D eigenvalue weighted by molar-refractivity contribution is -0.119. The van der Waals surface area contributed by atoms with E-state index in [0.717, 1.165) is 52.8 Å². The summed E-state index contributed by atoms with van der Waals surface area (Å²) in [6, 6.07) is 14.0. The SMILES string of the molecule is Cc1ccc(-n2ncc3c(C4CC4)nn(CC(=O)N4CCc5ccccc54)c(=O)c32)cc1C. The molecule has 1 fully saturated rings. The monoisotopic (exact) mass is 439 g/mol. The fourth-order valence-corrected chi connectivity index (χ4v) is 4.72. The molecule has 2 aromatic carbocycles. The van der Waals surface area contributed by atoms with Crippen molar-refractivity contribution >= 4 is 22.5 Å². The lowest BCUT2D eigenvalue weighted by Gasteiger charge is -2.18. The molecule has 0 unspecified atom stereocenters. The summed E-state index contributed by atoms with van der Waals surface area (Å²) in [6.07, 6.45) is 4.66. The maximum absolute atomic E-state index is 13.6. The predicted molar refractivity (Wildman–Crippen MR) is 127 cm³/mol. The highest BCUT2D eigenvalue weighted by Gasteiger charge is 2.31. The first-order valence-corrected chi connectivity index (χ1v) is 11.5. The maximum atomic E-state index is 13.6. The van der Waals surface area contributed by atoms with Crippen LogP contribution in [0.2, 0.25) is 0 Å². The quantitative estimate of drug-likeness (QED) is 0.486. The Morgan fingerprint density at radius 1 is 1.09 bits per heavy atom. The predicted octanol–water partition coefficient (Wildman–Crippen LogP) is 3.67. The second-order valence-corrected chi connectivity index (χ2v) is 9.13. The Labute approximate surface area is 191 Å². The molecule has 1 saturated carbocycles.